The summed E-state index contributed by atoms with van der Waals surface area (Å²) in [6.07, 6.45) is 7.37. The molecule has 40 heavy (non-hydrogen) atoms. The van der Waals surface area contributed by atoms with Gasteiger partial charge in [-0.15, -0.1) is 0 Å². The number of aromatic carboxylic acids is 1. The number of unbranched alkanes of at least 4 members (excludes halogenated alkanes) is 7. The average molecular weight is 575 g/mol. The van der Waals surface area contributed by atoms with Gasteiger partial charge in [-0.25, -0.2) is 9.78 Å². The number of H-pyrrole nitrogens is 1. The quantitative estimate of drug-likeness (QED) is 0.147. The molecule has 6 nitrogen and oxygen atoms in total. The second kappa shape index (κ2) is 15.3. The minimum Gasteiger partial charge on any atom is -0.476 e. The molecule has 4 aromatic rings. The highest BCUT2D eigenvalue weighted by Crippen LogP contribution is 2.35. The summed E-state index contributed by atoms with van der Waals surface area (Å²) in [7, 11) is 0. The van der Waals surface area contributed by atoms with Gasteiger partial charge in [-0.1, -0.05) is 81.7 Å². The molecule has 0 amide bonds. The average Bonchev–Trinajstić information content (AvgIpc) is 3.36. The maximum absolute atomic E-state index is 13.2. The number of pyridine rings is 2. The Bertz CT molecular complexity index is 1340. The Balaban J connectivity index is 0.000000371. The van der Waals surface area contributed by atoms with E-state index in [4.69, 9.17) is 16.7 Å². The summed E-state index contributed by atoms with van der Waals surface area (Å²) in [6.45, 7) is 2.84. The van der Waals surface area contributed by atoms with E-state index in [1.165, 1.54) is 56.9 Å². The SMILES string of the molecule is CCCCCCCCCCNc1cc(C(F)(F)F)cnc1-c1cc2ccccc2[nH]1.O=C(O)c1ncccc1Cl. The molecule has 0 aliphatic heterocycles. The number of anilines is 1. The standard InChI is InChI=1S/C24H30F3N3.C6H4ClNO2/c1-2-3-4-5-6-7-8-11-14-28-21-16-19(24(25,26)27)17-29-23(21)22-15-18-12-9-10-13-20(18)30-22;7-4-2-1-3-8-5(4)6(9)10/h9-10,12-13,15-17,28,30H,2-8,11,14H2,1H3;1-3H,(H,9,10). The molecular weight excluding hydrogens is 541 g/mol. The van der Waals surface area contributed by atoms with Gasteiger partial charge in [0.2, 0.25) is 0 Å². The largest absolute Gasteiger partial charge is 0.476 e. The van der Waals surface area contributed by atoms with E-state index in [0.717, 1.165) is 29.9 Å². The Morgan fingerprint density at radius 3 is 2.30 bits per heavy atom. The van der Waals surface area contributed by atoms with Gasteiger partial charge in [0.15, 0.2) is 5.69 Å². The van der Waals surface area contributed by atoms with E-state index in [2.05, 4.69) is 27.2 Å². The smallest absolute Gasteiger partial charge is 0.417 e. The maximum Gasteiger partial charge on any atom is 0.417 e. The lowest BCUT2D eigenvalue weighted by atomic mass is 10.1. The predicted molar refractivity (Wildman–Crippen MR) is 154 cm³/mol. The molecule has 3 N–H and O–H groups in total. The molecule has 0 bridgehead atoms. The summed E-state index contributed by atoms with van der Waals surface area (Å²) in [5.74, 6) is -1.11. The molecule has 0 unspecified atom stereocenters. The zero-order valence-electron chi connectivity index (χ0n) is 22.4. The summed E-state index contributed by atoms with van der Waals surface area (Å²) < 4.78 is 39.6. The van der Waals surface area contributed by atoms with Crippen LogP contribution in [0.2, 0.25) is 5.02 Å². The molecule has 0 saturated carbocycles. The van der Waals surface area contributed by atoms with Gasteiger partial charge < -0.3 is 15.4 Å². The van der Waals surface area contributed by atoms with Gasteiger partial charge in [0.25, 0.3) is 0 Å². The molecule has 0 atom stereocenters. The summed E-state index contributed by atoms with van der Waals surface area (Å²) >= 11 is 5.48. The molecule has 3 heterocycles. The Morgan fingerprint density at radius 2 is 1.68 bits per heavy atom. The van der Waals surface area contributed by atoms with E-state index >= 15 is 0 Å². The molecule has 214 valence electrons. The van der Waals surface area contributed by atoms with Crippen LogP contribution in [0.3, 0.4) is 0 Å². The van der Waals surface area contributed by atoms with Crippen LogP contribution >= 0.6 is 11.6 Å². The first-order chi connectivity index (χ1) is 19.2. The minimum absolute atomic E-state index is 0.107. The van der Waals surface area contributed by atoms with Crippen LogP contribution in [0.4, 0.5) is 18.9 Å². The first-order valence-electron chi connectivity index (χ1n) is 13.4. The van der Waals surface area contributed by atoms with E-state index < -0.39 is 17.7 Å². The highest BCUT2D eigenvalue weighted by atomic mass is 35.5. The van der Waals surface area contributed by atoms with Crippen LogP contribution in [0.25, 0.3) is 22.3 Å². The van der Waals surface area contributed by atoms with Crippen LogP contribution in [-0.4, -0.2) is 32.6 Å². The maximum atomic E-state index is 13.2. The monoisotopic (exact) mass is 574 g/mol. The molecule has 0 aliphatic rings. The van der Waals surface area contributed by atoms with Crippen molar-refractivity contribution in [3.63, 3.8) is 0 Å². The number of aromatic amines is 1. The number of hydrogen-bond donors (Lipinski definition) is 3. The highest BCUT2D eigenvalue weighted by molar-refractivity contribution is 6.33. The summed E-state index contributed by atoms with van der Waals surface area (Å²) in [5.41, 5.74) is 1.73. The molecule has 0 spiro atoms. The number of para-hydroxylation sites is 1. The van der Waals surface area contributed by atoms with Crippen molar-refractivity contribution in [2.24, 2.45) is 0 Å². The fraction of sp³-hybridized carbons (Fsp3) is 0.367. The zero-order valence-corrected chi connectivity index (χ0v) is 23.2. The number of rotatable bonds is 12. The number of benzene rings is 1. The highest BCUT2D eigenvalue weighted by Gasteiger charge is 2.32. The zero-order chi connectivity index (χ0) is 29.0. The number of nitrogens with zero attached hydrogens (tertiary/aromatic N) is 2. The lowest BCUT2D eigenvalue weighted by molar-refractivity contribution is -0.137. The van der Waals surface area contributed by atoms with Crippen molar-refractivity contribution in [1.29, 1.82) is 0 Å². The van der Waals surface area contributed by atoms with Crippen molar-refractivity contribution >= 4 is 34.2 Å². The molecule has 1 aromatic carbocycles. The first kappa shape index (κ1) is 30.9. The summed E-state index contributed by atoms with van der Waals surface area (Å²) in [5, 5.41) is 12.8. The number of aromatic nitrogens is 3. The number of carboxylic acid groups (broad SMARTS) is 1. The van der Waals surface area contributed by atoms with Crippen molar-refractivity contribution in [1.82, 2.24) is 15.0 Å². The van der Waals surface area contributed by atoms with Gasteiger partial charge in [0.1, 0.15) is 5.69 Å². The number of carbonyl (C=O) groups is 1. The molecule has 0 saturated heterocycles. The lowest BCUT2D eigenvalue weighted by Gasteiger charge is -2.14. The number of alkyl halides is 3. The van der Waals surface area contributed by atoms with E-state index in [0.29, 0.717) is 23.6 Å². The van der Waals surface area contributed by atoms with Crippen molar-refractivity contribution in [2.45, 2.75) is 64.5 Å². The van der Waals surface area contributed by atoms with Crippen LogP contribution in [0.1, 0.15) is 74.3 Å². The van der Waals surface area contributed by atoms with E-state index in [1.807, 2.05) is 30.3 Å². The van der Waals surface area contributed by atoms with Gasteiger partial charge in [-0.3, -0.25) is 4.98 Å². The van der Waals surface area contributed by atoms with E-state index in [-0.39, 0.29) is 10.7 Å². The lowest BCUT2D eigenvalue weighted by Crippen LogP contribution is -2.10. The normalized spacial score (nSPS) is 11.2. The Morgan fingerprint density at radius 1 is 0.975 bits per heavy atom. The topological polar surface area (TPSA) is 90.9 Å². The number of hydrogen-bond acceptors (Lipinski definition) is 4. The van der Waals surface area contributed by atoms with Crippen LogP contribution in [0.5, 0.6) is 0 Å². The number of nitrogens with one attached hydrogen (secondary N) is 2. The third kappa shape index (κ3) is 9.26. The van der Waals surface area contributed by atoms with Crippen LogP contribution in [0.15, 0.2) is 60.9 Å². The van der Waals surface area contributed by atoms with Crippen LogP contribution < -0.4 is 5.32 Å². The Kier molecular flexibility index (Phi) is 11.8. The third-order valence-electron chi connectivity index (χ3n) is 6.31. The van der Waals surface area contributed by atoms with Gasteiger partial charge >= 0.3 is 12.1 Å². The molecule has 3 aromatic heterocycles. The molecular formula is C30H34ClF3N4O2. The Labute approximate surface area is 237 Å². The predicted octanol–water partition coefficient (Wildman–Crippen LogP) is 9.23. The second-order valence-electron chi connectivity index (χ2n) is 9.43. The van der Waals surface area contributed by atoms with Crippen molar-refractivity contribution in [2.75, 3.05) is 11.9 Å². The molecule has 4 rings (SSSR count). The fourth-order valence-electron chi connectivity index (χ4n) is 4.20. The first-order valence-corrected chi connectivity index (χ1v) is 13.8. The van der Waals surface area contributed by atoms with Gasteiger partial charge in [0, 0.05) is 29.8 Å². The molecule has 0 radical (unpaired) electrons. The minimum atomic E-state index is -4.42. The second-order valence-corrected chi connectivity index (χ2v) is 9.84. The van der Waals surface area contributed by atoms with Gasteiger partial charge in [-0.2, -0.15) is 13.2 Å². The molecule has 10 heteroatoms. The van der Waals surface area contributed by atoms with Crippen molar-refractivity contribution in [3.05, 3.63) is 77.2 Å². The van der Waals surface area contributed by atoms with Crippen LogP contribution in [0, 0.1) is 0 Å². The fourth-order valence-corrected chi connectivity index (χ4v) is 4.40. The Hall–Kier alpha value is -3.59. The van der Waals surface area contributed by atoms with Gasteiger partial charge in [0.05, 0.1) is 22.0 Å². The van der Waals surface area contributed by atoms with Crippen molar-refractivity contribution < 1.29 is 23.1 Å². The number of halogens is 4. The van der Waals surface area contributed by atoms with Crippen molar-refractivity contribution in [3.8, 4) is 11.4 Å². The summed E-state index contributed by atoms with van der Waals surface area (Å²) in [6, 6.07) is 13.9. The molecule has 0 aliphatic carbocycles. The number of carboxylic acids is 1. The molecule has 0 fully saturated rings. The van der Waals surface area contributed by atoms with Gasteiger partial charge in [-0.05, 0) is 36.8 Å². The van der Waals surface area contributed by atoms with Crippen LogP contribution in [-0.2, 0) is 6.18 Å². The van der Waals surface area contributed by atoms with E-state index in [1.54, 1.807) is 6.07 Å². The van der Waals surface area contributed by atoms with E-state index in [9.17, 15) is 18.0 Å². The third-order valence-corrected chi connectivity index (χ3v) is 6.61. The summed E-state index contributed by atoms with van der Waals surface area (Å²) in [4.78, 5) is 21.2. The number of fused-ring (bicyclic) bond motifs is 1.